The Labute approximate surface area is 100 Å². The molecule has 2 nitrogen and oxygen atoms in total. The van der Waals surface area contributed by atoms with Gasteiger partial charge in [0.1, 0.15) is 0 Å². The highest BCUT2D eigenvalue weighted by atomic mass is 32.2. The van der Waals surface area contributed by atoms with Crippen LogP contribution in [0.15, 0.2) is 35.4 Å². The summed E-state index contributed by atoms with van der Waals surface area (Å²) in [6.07, 6.45) is 1.81. The second-order valence-electron chi connectivity index (χ2n) is 4.77. The van der Waals surface area contributed by atoms with Crippen LogP contribution in [0.3, 0.4) is 0 Å². The van der Waals surface area contributed by atoms with E-state index in [-0.39, 0.29) is 4.75 Å². The Morgan fingerprint density at radius 2 is 1.94 bits per heavy atom. The van der Waals surface area contributed by atoms with E-state index in [9.17, 15) is 0 Å². The highest BCUT2D eigenvalue weighted by Crippen LogP contribution is 2.37. The topological polar surface area (TPSA) is 38.9 Å². The number of nitrogen functional groups attached to an aromatic ring is 1. The van der Waals surface area contributed by atoms with Crippen LogP contribution in [0.1, 0.15) is 20.8 Å². The molecule has 0 saturated heterocycles. The van der Waals surface area contributed by atoms with Crippen LogP contribution >= 0.6 is 11.8 Å². The average molecular weight is 232 g/mol. The first-order valence-corrected chi connectivity index (χ1v) is 6.11. The summed E-state index contributed by atoms with van der Waals surface area (Å²) in [6.45, 7) is 6.59. The zero-order chi connectivity index (χ0) is 11.8. The maximum atomic E-state index is 5.94. The molecule has 0 radical (unpaired) electrons. The van der Waals surface area contributed by atoms with Crippen molar-refractivity contribution in [3.05, 3.63) is 30.5 Å². The van der Waals surface area contributed by atoms with Gasteiger partial charge in [-0.3, -0.25) is 4.98 Å². The lowest BCUT2D eigenvalue weighted by Gasteiger charge is -2.18. The number of aromatic nitrogens is 1. The molecule has 0 spiro atoms. The van der Waals surface area contributed by atoms with Gasteiger partial charge < -0.3 is 5.73 Å². The number of anilines is 1. The van der Waals surface area contributed by atoms with Crippen LogP contribution < -0.4 is 5.73 Å². The molecule has 3 heteroatoms. The van der Waals surface area contributed by atoms with Crippen molar-refractivity contribution in [3.8, 4) is 0 Å². The zero-order valence-corrected chi connectivity index (χ0v) is 10.6. The minimum absolute atomic E-state index is 0.181. The summed E-state index contributed by atoms with van der Waals surface area (Å²) in [5.41, 5.74) is 7.73. The molecule has 2 N–H and O–H groups in total. The second kappa shape index (κ2) is 3.98. The van der Waals surface area contributed by atoms with E-state index in [1.807, 2.05) is 36.2 Å². The van der Waals surface area contributed by atoms with Crippen LogP contribution in [-0.4, -0.2) is 9.73 Å². The van der Waals surface area contributed by atoms with Gasteiger partial charge in [0.05, 0.1) is 5.52 Å². The molecule has 0 aliphatic heterocycles. The first-order valence-electron chi connectivity index (χ1n) is 5.29. The third-order valence-electron chi connectivity index (χ3n) is 2.18. The van der Waals surface area contributed by atoms with Gasteiger partial charge in [0.25, 0.3) is 0 Å². The van der Waals surface area contributed by atoms with Gasteiger partial charge in [-0.05, 0) is 24.3 Å². The summed E-state index contributed by atoms with van der Waals surface area (Å²) in [6, 6.07) is 7.95. The molecule has 0 unspecified atom stereocenters. The number of benzene rings is 1. The number of rotatable bonds is 1. The smallest absolute Gasteiger partial charge is 0.0858 e. The van der Waals surface area contributed by atoms with Gasteiger partial charge in [0.2, 0.25) is 0 Å². The fraction of sp³-hybridized carbons (Fsp3) is 0.308. The van der Waals surface area contributed by atoms with Crippen molar-refractivity contribution >= 4 is 28.4 Å². The Hall–Kier alpha value is -1.22. The van der Waals surface area contributed by atoms with Gasteiger partial charge in [-0.15, -0.1) is 11.8 Å². The van der Waals surface area contributed by atoms with Crippen molar-refractivity contribution in [2.24, 2.45) is 0 Å². The van der Waals surface area contributed by atoms with Crippen LogP contribution in [0, 0.1) is 0 Å². The van der Waals surface area contributed by atoms with Gasteiger partial charge >= 0.3 is 0 Å². The molecule has 84 valence electrons. The van der Waals surface area contributed by atoms with Gasteiger partial charge in [0, 0.05) is 26.9 Å². The van der Waals surface area contributed by atoms with E-state index in [2.05, 4.69) is 31.8 Å². The maximum absolute atomic E-state index is 5.94. The van der Waals surface area contributed by atoms with Crippen LogP contribution in [0.25, 0.3) is 10.9 Å². The van der Waals surface area contributed by atoms with E-state index in [1.165, 1.54) is 4.90 Å². The molecule has 2 aromatic rings. The molecule has 0 saturated carbocycles. The van der Waals surface area contributed by atoms with E-state index >= 15 is 0 Å². The van der Waals surface area contributed by atoms with Crippen LogP contribution in [0.4, 0.5) is 5.69 Å². The van der Waals surface area contributed by atoms with Gasteiger partial charge in [0.15, 0.2) is 0 Å². The van der Waals surface area contributed by atoms with E-state index in [1.54, 1.807) is 0 Å². The third-order valence-corrected chi connectivity index (χ3v) is 3.34. The lowest BCUT2D eigenvalue weighted by atomic mass is 10.2. The standard InChI is InChI=1S/C13H16N2S/c1-13(2,3)16-11-7-6-10(14)9-5-4-8-15-12(9)11/h4-8H,14H2,1-3H3. The predicted molar refractivity (Wildman–Crippen MR) is 71.8 cm³/mol. The number of hydrogen-bond donors (Lipinski definition) is 1. The first kappa shape index (κ1) is 11.3. The molecule has 2 rings (SSSR count). The Balaban J connectivity index is 2.59. The molecule has 1 aromatic carbocycles. The van der Waals surface area contributed by atoms with Crippen molar-refractivity contribution in [1.29, 1.82) is 0 Å². The summed E-state index contributed by atoms with van der Waals surface area (Å²) in [5, 5.41) is 1.04. The molecule has 1 aromatic heterocycles. The number of fused-ring (bicyclic) bond motifs is 1. The number of pyridine rings is 1. The number of nitrogens with zero attached hydrogens (tertiary/aromatic N) is 1. The molecule has 0 bridgehead atoms. The summed E-state index contributed by atoms with van der Waals surface area (Å²) < 4.78 is 0.181. The molecule has 16 heavy (non-hydrogen) atoms. The van der Waals surface area contributed by atoms with E-state index in [0.29, 0.717) is 0 Å². The highest BCUT2D eigenvalue weighted by Gasteiger charge is 2.15. The van der Waals surface area contributed by atoms with Crippen molar-refractivity contribution in [3.63, 3.8) is 0 Å². The van der Waals surface area contributed by atoms with Crippen molar-refractivity contribution in [1.82, 2.24) is 4.98 Å². The molecule has 0 aliphatic carbocycles. The molecule has 1 heterocycles. The number of nitrogens with two attached hydrogens (primary N) is 1. The van der Waals surface area contributed by atoms with Crippen LogP contribution in [0.2, 0.25) is 0 Å². The molecular weight excluding hydrogens is 216 g/mol. The summed E-state index contributed by atoms with van der Waals surface area (Å²) in [4.78, 5) is 5.62. The fourth-order valence-corrected chi connectivity index (χ4v) is 2.64. The minimum atomic E-state index is 0.181. The molecule has 0 amide bonds. The SMILES string of the molecule is CC(C)(C)Sc1ccc(N)c2cccnc12. The van der Waals surface area contributed by atoms with E-state index < -0.39 is 0 Å². The number of hydrogen-bond acceptors (Lipinski definition) is 3. The summed E-state index contributed by atoms with van der Waals surface area (Å²) in [5.74, 6) is 0. The van der Waals surface area contributed by atoms with Crippen molar-refractivity contribution < 1.29 is 0 Å². The minimum Gasteiger partial charge on any atom is -0.398 e. The van der Waals surface area contributed by atoms with Gasteiger partial charge in [-0.25, -0.2) is 0 Å². The van der Waals surface area contributed by atoms with E-state index in [4.69, 9.17) is 5.73 Å². The van der Waals surface area contributed by atoms with E-state index in [0.717, 1.165) is 16.6 Å². The molecule has 0 atom stereocenters. The maximum Gasteiger partial charge on any atom is 0.0858 e. The van der Waals surface area contributed by atoms with Gasteiger partial charge in [-0.2, -0.15) is 0 Å². The van der Waals surface area contributed by atoms with Gasteiger partial charge in [-0.1, -0.05) is 20.8 Å². The first-order chi connectivity index (χ1) is 7.47. The van der Waals surface area contributed by atoms with Crippen molar-refractivity contribution in [2.45, 2.75) is 30.4 Å². The summed E-state index contributed by atoms with van der Waals surface area (Å²) in [7, 11) is 0. The summed E-state index contributed by atoms with van der Waals surface area (Å²) >= 11 is 1.82. The second-order valence-corrected chi connectivity index (χ2v) is 6.64. The quantitative estimate of drug-likeness (QED) is 0.602. The Bertz CT molecular complexity index is 515. The van der Waals surface area contributed by atoms with Crippen LogP contribution in [0.5, 0.6) is 0 Å². The lowest BCUT2D eigenvalue weighted by molar-refractivity contribution is 0.803. The average Bonchev–Trinajstić information content (AvgIpc) is 2.21. The monoisotopic (exact) mass is 232 g/mol. The Morgan fingerprint density at radius 3 is 2.62 bits per heavy atom. The highest BCUT2D eigenvalue weighted by molar-refractivity contribution is 8.00. The fourth-order valence-electron chi connectivity index (χ4n) is 1.58. The Morgan fingerprint density at radius 1 is 1.19 bits per heavy atom. The molecule has 0 aliphatic rings. The zero-order valence-electron chi connectivity index (χ0n) is 9.82. The lowest BCUT2D eigenvalue weighted by Crippen LogP contribution is -2.07. The number of thioether (sulfide) groups is 1. The van der Waals surface area contributed by atoms with Crippen molar-refractivity contribution in [2.75, 3.05) is 5.73 Å². The van der Waals surface area contributed by atoms with Crippen LogP contribution in [-0.2, 0) is 0 Å². The largest absolute Gasteiger partial charge is 0.398 e. The molecular formula is C13H16N2S. The normalized spacial score (nSPS) is 11.9. The Kier molecular flexibility index (Phi) is 2.80. The predicted octanol–water partition coefficient (Wildman–Crippen LogP) is 3.71. The third kappa shape index (κ3) is 2.30. The molecule has 0 fully saturated rings.